The minimum Gasteiger partial charge on any atom is -0.316 e. The molecule has 0 bridgehead atoms. The number of halogens is 3. The number of carbonyl (C=O) groups is 2. The van der Waals surface area contributed by atoms with Gasteiger partial charge in [0, 0.05) is 6.54 Å². The van der Waals surface area contributed by atoms with Gasteiger partial charge in [-0.05, 0) is 25.5 Å². The first-order chi connectivity index (χ1) is 7.74. The lowest BCUT2D eigenvalue weighted by molar-refractivity contribution is -0.191. The van der Waals surface area contributed by atoms with Crippen molar-refractivity contribution in [3.8, 4) is 0 Å². The summed E-state index contributed by atoms with van der Waals surface area (Å²) in [5.41, 5.74) is -2.80. The molecule has 0 aromatic heterocycles. The zero-order chi connectivity index (χ0) is 13.3. The molecule has 1 aliphatic heterocycles. The summed E-state index contributed by atoms with van der Waals surface area (Å²) in [5.74, 6) is -0.686. The molecular weight excluding hydrogens is 257 g/mol. The van der Waals surface area contributed by atoms with E-state index in [-0.39, 0.29) is 6.54 Å². The molecule has 0 aliphatic carbocycles. The average Bonchev–Trinajstić information content (AvgIpc) is 2.42. The third kappa shape index (κ3) is 2.51. The van der Waals surface area contributed by atoms with Crippen LogP contribution in [0.3, 0.4) is 0 Å². The van der Waals surface area contributed by atoms with Crippen molar-refractivity contribution < 1.29 is 22.8 Å². The van der Waals surface area contributed by atoms with Gasteiger partial charge in [-0.25, -0.2) is 4.79 Å². The van der Waals surface area contributed by atoms with E-state index in [1.54, 1.807) is 5.32 Å². The molecule has 1 fully saturated rings. The highest BCUT2D eigenvalue weighted by Crippen LogP contribution is 2.35. The lowest BCUT2D eigenvalue weighted by atomic mass is 10.0. The zero-order valence-electron chi connectivity index (χ0n) is 9.17. The van der Waals surface area contributed by atoms with Crippen LogP contribution in [0.4, 0.5) is 18.0 Å². The lowest BCUT2D eigenvalue weighted by Crippen LogP contribution is -2.56. The number of alkyl halides is 3. The lowest BCUT2D eigenvalue weighted by Gasteiger charge is -2.24. The number of carbonyl (C=O) groups excluding carboxylic acids is 2. The van der Waals surface area contributed by atoms with Crippen LogP contribution in [0.25, 0.3) is 0 Å². The second kappa shape index (κ2) is 4.75. The molecule has 1 heterocycles. The highest BCUT2D eigenvalue weighted by atomic mass is 32.1. The third-order valence-corrected chi connectivity index (χ3v) is 2.95. The SMILES string of the molecule is CC1(C(F)(F)F)NC(=O)N(CCCCS)C1=O. The van der Waals surface area contributed by atoms with Gasteiger partial charge in [0.05, 0.1) is 0 Å². The van der Waals surface area contributed by atoms with Crippen LogP contribution >= 0.6 is 12.6 Å². The molecule has 0 saturated carbocycles. The molecule has 1 aliphatic rings. The fraction of sp³-hybridized carbons (Fsp3) is 0.778. The second-order valence-electron chi connectivity index (χ2n) is 3.94. The van der Waals surface area contributed by atoms with E-state index in [4.69, 9.17) is 0 Å². The Kier molecular flexibility index (Phi) is 3.95. The number of hydrogen-bond donors (Lipinski definition) is 2. The third-order valence-electron chi connectivity index (χ3n) is 2.63. The number of nitrogens with zero attached hydrogens (tertiary/aromatic N) is 1. The van der Waals surface area contributed by atoms with Gasteiger partial charge < -0.3 is 5.32 Å². The van der Waals surface area contributed by atoms with E-state index in [1.807, 2.05) is 0 Å². The van der Waals surface area contributed by atoms with Crippen molar-refractivity contribution in [3.63, 3.8) is 0 Å². The minimum atomic E-state index is -4.79. The van der Waals surface area contributed by atoms with Crippen LogP contribution < -0.4 is 5.32 Å². The highest BCUT2D eigenvalue weighted by Gasteiger charge is 2.64. The van der Waals surface area contributed by atoms with E-state index in [9.17, 15) is 22.8 Å². The summed E-state index contributed by atoms with van der Waals surface area (Å²) in [7, 11) is 0. The number of amides is 3. The molecule has 0 aromatic rings. The quantitative estimate of drug-likeness (QED) is 0.463. The fourth-order valence-electron chi connectivity index (χ4n) is 1.47. The summed E-state index contributed by atoms with van der Waals surface area (Å²) in [4.78, 5) is 23.5. The van der Waals surface area contributed by atoms with Gasteiger partial charge in [-0.15, -0.1) is 0 Å². The fourth-order valence-corrected chi connectivity index (χ4v) is 1.70. The van der Waals surface area contributed by atoms with Gasteiger partial charge in [0.25, 0.3) is 5.91 Å². The van der Waals surface area contributed by atoms with Crippen molar-refractivity contribution in [1.29, 1.82) is 0 Å². The Labute approximate surface area is 102 Å². The van der Waals surface area contributed by atoms with Crippen LogP contribution in [0.2, 0.25) is 0 Å². The molecule has 1 saturated heterocycles. The van der Waals surface area contributed by atoms with E-state index >= 15 is 0 Å². The summed E-state index contributed by atoms with van der Waals surface area (Å²) in [6, 6.07) is -0.992. The highest BCUT2D eigenvalue weighted by molar-refractivity contribution is 7.80. The van der Waals surface area contributed by atoms with E-state index < -0.39 is 23.7 Å². The Morgan fingerprint density at radius 3 is 2.35 bits per heavy atom. The molecule has 1 rings (SSSR count). The van der Waals surface area contributed by atoms with E-state index in [2.05, 4.69) is 12.6 Å². The van der Waals surface area contributed by atoms with Crippen molar-refractivity contribution >= 4 is 24.6 Å². The molecule has 3 amide bonds. The average molecular weight is 270 g/mol. The van der Waals surface area contributed by atoms with Crippen LogP contribution in [-0.2, 0) is 4.79 Å². The minimum absolute atomic E-state index is 0.0170. The maximum Gasteiger partial charge on any atom is 0.420 e. The predicted molar refractivity (Wildman–Crippen MR) is 57.8 cm³/mol. The summed E-state index contributed by atoms with van der Waals surface area (Å²) in [6.45, 7) is 0.655. The van der Waals surface area contributed by atoms with Gasteiger partial charge in [-0.1, -0.05) is 0 Å². The van der Waals surface area contributed by atoms with Gasteiger partial charge >= 0.3 is 12.2 Å². The van der Waals surface area contributed by atoms with E-state index in [0.717, 1.165) is 0 Å². The van der Waals surface area contributed by atoms with Crippen LogP contribution in [-0.4, -0.2) is 40.9 Å². The van der Waals surface area contributed by atoms with Gasteiger partial charge in [0.2, 0.25) is 5.54 Å². The molecule has 8 heteroatoms. The van der Waals surface area contributed by atoms with E-state index in [1.165, 1.54) is 0 Å². The van der Waals surface area contributed by atoms with Gasteiger partial charge in [0.15, 0.2) is 0 Å². The van der Waals surface area contributed by atoms with E-state index in [0.29, 0.717) is 30.4 Å². The Balaban J connectivity index is 2.79. The first-order valence-corrected chi connectivity index (χ1v) is 5.69. The van der Waals surface area contributed by atoms with Crippen molar-refractivity contribution in [3.05, 3.63) is 0 Å². The van der Waals surface area contributed by atoms with Crippen molar-refractivity contribution in [2.45, 2.75) is 31.5 Å². The van der Waals surface area contributed by atoms with Crippen molar-refractivity contribution in [1.82, 2.24) is 10.2 Å². The largest absolute Gasteiger partial charge is 0.420 e. The summed E-state index contributed by atoms with van der Waals surface area (Å²) >= 11 is 3.94. The topological polar surface area (TPSA) is 49.4 Å². The Bertz CT molecular complexity index is 335. The van der Waals surface area contributed by atoms with Crippen molar-refractivity contribution in [2.24, 2.45) is 0 Å². The predicted octanol–water partition coefficient (Wildman–Crippen LogP) is 1.57. The molecule has 4 nitrogen and oxygen atoms in total. The van der Waals surface area contributed by atoms with Crippen molar-refractivity contribution in [2.75, 3.05) is 12.3 Å². The molecule has 0 radical (unpaired) electrons. The molecule has 0 spiro atoms. The smallest absolute Gasteiger partial charge is 0.316 e. The zero-order valence-corrected chi connectivity index (χ0v) is 10.1. The number of rotatable bonds is 4. The molecular formula is C9H13F3N2O2S. The van der Waals surface area contributed by atoms with Crippen LogP contribution in [0, 0.1) is 0 Å². The second-order valence-corrected chi connectivity index (χ2v) is 4.39. The number of imide groups is 1. The van der Waals surface area contributed by atoms with Gasteiger partial charge in [-0.2, -0.15) is 25.8 Å². The molecule has 17 heavy (non-hydrogen) atoms. The standard InChI is InChI=1S/C9H13F3N2O2S/c1-8(9(10,11)12)6(15)14(7(16)13-8)4-2-3-5-17/h17H,2-5H2,1H3,(H,13,16). The molecule has 1 atom stereocenters. The molecule has 0 aromatic carbocycles. The summed E-state index contributed by atoms with van der Waals surface area (Å²) in [5, 5.41) is 1.69. The Hall–Kier alpha value is -0.920. The first-order valence-electron chi connectivity index (χ1n) is 5.05. The normalized spacial score (nSPS) is 25.4. The number of hydrogen-bond acceptors (Lipinski definition) is 3. The number of thiol groups is 1. The molecule has 1 unspecified atom stereocenters. The Morgan fingerprint density at radius 2 is 1.94 bits per heavy atom. The Morgan fingerprint density at radius 1 is 1.35 bits per heavy atom. The molecule has 1 N–H and O–H groups in total. The van der Waals surface area contributed by atoms with Gasteiger partial charge in [0.1, 0.15) is 0 Å². The van der Waals surface area contributed by atoms with Crippen LogP contribution in [0.15, 0.2) is 0 Å². The first kappa shape index (κ1) is 14.1. The monoisotopic (exact) mass is 270 g/mol. The number of nitrogens with one attached hydrogen (secondary N) is 1. The van der Waals surface area contributed by atoms with Gasteiger partial charge in [-0.3, -0.25) is 9.69 Å². The maximum absolute atomic E-state index is 12.7. The number of unbranched alkanes of at least 4 members (excludes halogenated alkanes) is 1. The summed E-state index contributed by atoms with van der Waals surface area (Å²) < 4.78 is 38.0. The molecule has 98 valence electrons. The van der Waals surface area contributed by atoms with Crippen LogP contribution in [0.1, 0.15) is 19.8 Å². The van der Waals surface area contributed by atoms with Crippen LogP contribution in [0.5, 0.6) is 0 Å². The maximum atomic E-state index is 12.7. The summed E-state index contributed by atoms with van der Waals surface area (Å²) in [6.07, 6.45) is -3.72. The number of urea groups is 1.